The fourth-order valence-corrected chi connectivity index (χ4v) is 2.01. The van der Waals surface area contributed by atoms with Crippen molar-refractivity contribution in [1.29, 1.82) is 0 Å². The molecule has 4 aromatic rings. The highest BCUT2D eigenvalue weighted by atomic mass is 16.3. The SMILES string of the molecule is Cc1cc2cnccc2o1.Cc1cc2ncccc2o1. The maximum atomic E-state index is 5.33. The van der Waals surface area contributed by atoms with Crippen LogP contribution in [0, 0.1) is 13.8 Å². The smallest absolute Gasteiger partial charge is 0.152 e. The summed E-state index contributed by atoms with van der Waals surface area (Å²) in [5, 5.41) is 1.07. The van der Waals surface area contributed by atoms with Crippen LogP contribution in [0.2, 0.25) is 0 Å². The lowest BCUT2D eigenvalue weighted by molar-refractivity contribution is 0.578. The molecule has 0 unspecified atom stereocenters. The topological polar surface area (TPSA) is 52.1 Å². The Morgan fingerprint density at radius 2 is 1.70 bits per heavy atom. The van der Waals surface area contributed by atoms with E-state index in [4.69, 9.17) is 8.83 Å². The summed E-state index contributed by atoms with van der Waals surface area (Å²) in [6.45, 7) is 3.85. The van der Waals surface area contributed by atoms with Crippen LogP contribution in [0.15, 0.2) is 57.8 Å². The van der Waals surface area contributed by atoms with Crippen LogP contribution in [-0.4, -0.2) is 9.97 Å². The number of nitrogens with zero attached hydrogens (tertiary/aromatic N) is 2. The molecule has 0 N–H and O–H groups in total. The second-order valence-electron chi connectivity index (χ2n) is 4.51. The molecule has 0 atom stereocenters. The summed E-state index contributed by atoms with van der Waals surface area (Å²) in [6.07, 6.45) is 5.29. The molecule has 4 nitrogen and oxygen atoms in total. The monoisotopic (exact) mass is 266 g/mol. The number of aryl methyl sites for hydroxylation is 2. The number of furan rings is 2. The van der Waals surface area contributed by atoms with Crippen LogP contribution in [0.25, 0.3) is 22.1 Å². The molecule has 0 aliphatic heterocycles. The molecule has 4 aromatic heterocycles. The van der Waals surface area contributed by atoms with Crippen LogP contribution in [0.1, 0.15) is 11.5 Å². The lowest BCUT2D eigenvalue weighted by Gasteiger charge is -1.81. The van der Waals surface area contributed by atoms with Gasteiger partial charge in [-0.15, -0.1) is 0 Å². The molecule has 0 saturated carbocycles. The maximum absolute atomic E-state index is 5.33. The van der Waals surface area contributed by atoms with Gasteiger partial charge >= 0.3 is 0 Å². The number of hydrogen-bond donors (Lipinski definition) is 0. The Bertz CT molecular complexity index is 708. The zero-order valence-electron chi connectivity index (χ0n) is 11.3. The summed E-state index contributed by atoms with van der Waals surface area (Å²) in [7, 11) is 0. The minimum absolute atomic E-state index is 0.861. The first-order valence-corrected chi connectivity index (χ1v) is 6.34. The van der Waals surface area contributed by atoms with Crippen molar-refractivity contribution in [3.63, 3.8) is 0 Å². The van der Waals surface area contributed by atoms with Gasteiger partial charge in [0, 0.05) is 30.0 Å². The number of rotatable bonds is 0. The molecule has 0 radical (unpaired) electrons. The van der Waals surface area contributed by atoms with E-state index in [2.05, 4.69) is 9.97 Å². The third-order valence-corrected chi connectivity index (χ3v) is 2.85. The van der Waals surface area contributed by atoms with E-state index in [1.807, 2.05) is 44.2 Å². The second-order valence-corrected chi connectivity index (χ2v) is 4.51. The van der Waals surface area contributed by atoms with E-state index in [0.29, 0.717) is 0 Å². The molecule has 20 heavy (non-hydrogen) atoms. The average molecular weight is 266 g/mol. The highest BCUT2D eigenvalue weighted by Gasteiger charge is 1.97. The average Bonchev–Trinajstić information content (AvgIpc) is 2.99. The Morgan fingerprint density at radius 3 is 2.50 bits per heavy atom. The molecule has 0 aliphatic rings. The zero-order chi connectivity index (χ0) is 13.9. The first-order valence-electron chi connectivity index (χ1n) is 6.34. The van der Waals surface area contributed by atoms with E-state index < -0.39 is 0 Å². The molecule has 0 amide bonds. The largest absolute Gasteiger partial charge is 0.461 e. The van der Waals surface area contributed by atoms with Gasteiger partial charge in [-0.2, -0.15) is 0 Å². The molecular weight excluding hydrogens is 252 g/mol. The summed E-state index contributed by atoms with van der Waals surface area (Å²) in [5.74, 6) is 1.84. The van der Waals surface area contributed by atoms with Crippen LogP contribution >= 0.6 is 0 Å². The lowest BCUT2D eigenvalue weighted by atomic mass is 10.3. The standard InChI is InChI=1S/2C8H7NO/c1-6-4-7-5-9-3-2-8(7)10-6;1-6-5-7-8(10-6)3-2-4-9-7/h2*2-5H,1H3. The minimum atomic E-state index is 0.861. The van der Waals surface area contributed by atoms with Crippen LogP contribution in [0.5, 0.6) is 0 Å². The van der Waals surface area contributed by atoms with E-state index in [9.17, 15) is 0 Å². The van der Waals surface area contributed by atoms with Gasteiger partial charge in [0.15, 0.2) is 5.58 Å². The third-order valence-electron chi connectivity index (χ3n) is 2.85. The van der Waals surface area contributed by atoms with Crippen molar-refractivity contribution >= 4 is 22.1 Å². The van der Waals surface area contributed by atoms with Gasteiger partial charge in [-0.1, -0.05) is 0 Å². The highest BCUT2D eigenvalue weighted by molar-refractivity contribution is 5.76. The van der Waals surface area contributed by atoms with Gasteiger partial charge in [0.1, 0.15) is 22.6 Å². The minimum Gasteiger partial charge on any atom is -0.461 e. The summed E-state index contributed by atoms with van der Waals surface area (Å²) < 4.78 is 10.6. The van der Waals surface area contributed by atoms with Crippen LogP contribution in [0.4, 0.5) is 0 Å². The number of hydrogen-bond acceptors (Lipinski definition) is 4. The Morgan fingerprint density at radius 1 is 0.900 bits per heavy atom. The fraction of sp³-hybridized carbons (Fsp3) is 0.125. The molecule has 4 heteroatoms. The first kappa shape index (κ1) is 12.4. The molecule has 0 saturated heterocycles. The Labute approximate surface area is 116 Å². The van der Waals surface area contributed by atoms with Crippen molar-refractivity contribution in [2.45, 2.75) is 13.8 Å². The third kappa shape index (κ3) is 2.54. The molecule has 4 heterocycles. The van der Waals surface area contributed by atoms with Crippen LogP contribution in [0.3, 0.4) is 0 Å². The summed E-state index contributed by atoms with van der Waals surface area (Å²) >= 11 is 0. The van der Waals surface area contributed by atoms with E-state index in [1.165, 1.54) is 0 Å². The van der Waals surface area contributed by atoms with Gasteiger partial charge in [-0.3, -0.25) is 9.97 Å². The van der Waals surface area contributed by atoms with Crippen molar-refractivity contribution in [3.8, 4) is 0 Å². The zero-order valence-corrected chi connectivity index (χ0v) is 11.3. The van der Waals surface area contributed by atoms with Crippen LogP contribution < -0.4 is 0 Å². The maximum Gasteiger partial charge on any atom is 0.152 e. The van der Waals surface area contributed by atoms with E-state index in [-0.39, 0.29) is 0 Å². The quantitative estimate of drug-likeness (QED) is 0.477. The van der Waals surface area contributed by atoms with Crippen molar-refractivity contribution in [2.24, 2.45) is 0 Å². The van der Waals surface area contributed by atoms with Gasteiger partial charge in [-0.25, -0.2) is 0 Å². The van der Waals surface area contributed by atoms with Gasteiger partial charge in [-0.05, 0) is 38.1 Å². The van der Waals surface area contributed by atoms with Crippen molar-refractivity contribution in [1.82, 2.24) is 9.97 Å². The second kappa shape index (κ2) is 5.17. The van der Waals surface area contributed by atoms with Crippen molar-refractivity contribution in [3.05, 3.63) is 60.4 Å². The number of pyridine rings is 2. The van der Waals surface area contributed by atoms with E-state index >= 15 is 0 Å². The number of fused-ring (bicyclic) bond motifs is 2. The predicted octanol–water partition coefficient (Wildman–Crippen LogP) is 4.27. The summed E-state index contributed by atoms with van der Waals surface area (Å²) in [4.78, 5) is 8.07. The van der Waals surface area contributed by atoms with Gasteiger partial charge in [0.25, 0.3) is 0 Å². The van der Waals surface area contributed by atoms with Gasteiger partial charge < -0.3 is 8.83 Å². The Kier molecular flexibility index (Phi) is 3.21. The first-order chi connectivity index (χ1) is 9.72. The Hall–Kier alpha value is -2.62. The predicted molar refractivity (Wildman–Crippen MR) is 77.5 cm³/mol. The van der Waals surface area contributed by atoms with Gasteiger partial charge in [0.05, 0.1) is 0 Å². The molecule has 0 fully saturated rings. The molecule has 0 bridgehead atoms. The van der Waals surface area contributed by atoms with Crippen molar-refractivity contribution < 1.29 is 8.83 Å². The highest BCUT2D eigenvalue weighted by Crippen LogP contribution is 2.16. The van der Waals surface area contributed by atoms with E-state index in [0.717, 1.165) is 33.6 Å². The van der Waals surface area contributed by atoms with Crippen LogP contribution in [-0.2, 0) is 0 Å². The van der Waals surface area contributed by atoms with Crippen molar-refractivity contribution in [2.75, 3.05) is 0 Å². The number of aromatic nitrogens is 2. The molecule has 0 aliphatic carbocycles. The van der Waals surface area contributed by atoms with E-state index in [1.54, 1.807) is 18.6 Å². The fourth-order valence-electron chi connectivity index (χ4n) is 2.01. The summed E-state index contributed by atoms with van der Waals surface area (Å²) in [6, 6.07) is 9.54. The molecule has 100 valence electrons. The van der Waals surface area contributed by atoms with Gasteiger partial charge in [0.2, 0.25) is 0 Å². The Balaban J connectivity index is 0.000000121. The molecule has 0 spiro atoms. The molecular formula is C16H14N2O2. The summed E-state index contributed by atoms with van der Waals surface area (Å²) in [5.41, 5.74) is 2.70. The molecule has 4 rings (SSSR count). The lowest BCUT2D eigenvalue weighted by Crippen LogP contribution is -1.66. The molecule has 0 aromatic carbocycles. The normalized spacial score (nSPS) is 10.5.